The minimum atomic E-state index is -4.58. The highest BCUT2D eigenvalue weighted by Crippen LogP contribution is 2.37. The second-order valence-corrected chi connectivity index (χ2v) is 5.78. The molecule has 0 radical (unpaired) electrons. The lowest BCUT2D eigenvalue weighted by molar-refractivity contribution is -0.214. The Morgan fingerprint density at radius 3 is 2.64 bits per heavy atom. The summed E-state index contributed by atoms with van der Waals surface area (Å²) in [6, 6.07) is 6.79. The predicted molar refractivity (Wildman–Crippen MR) is 75.0 cm³/mol. The van der Waals surface area contributed by atoms with Crippen LogP contribution in [-0.4, -0.2) is 37.4 Å². The van der Waals surface area contributed by atoms with Crippen LogP contribution in [0, 0.1) is 0 Å². The third kappa shape index (κ3) is 3.52. The summed E-state index contributed by atoms with van der Waals surface area (Å²) in [5, 5.41) is 0. The summed E-state index contributed by atoms with van der Waals surface area (Å²) < 4.78 is 48.5. The van der Waals surface area contributed by atoms with Gasteiger partial charge >= 0.3 is 6.18 Å². The number of carbonyl (C=O) groups is 1. The summed E-state index contributed by atoms with van der Waals surface area (Å²) in [4.78, 5) is 13.7. The molecule has 0 saturated carbocycles. The number of nitrogens with zero attached hydrogens (tertiary/aromatic N) is 1. The number of hydrogen-bond donors (Lipinski definition) is 0. The summed E-state index contributed by atoms with van der Waals surface area (Å²) >= 11 is 0. The van der Waals surface area contributed by atoms with Crippen LogP contribution in [-0.2, 0) is 9.53 Å². The van der Waals surface area contributed by atoms with Crippen LogP contribution in [0.1, 0.15) is 20.3 Å². The zero-order valence-corrected chi connectivity index (χ0v) is 12.6. The van der Waals surface area contributed by atoms with E-state index in [2.05, 4.69) is 4.74 Å². The van der Waals surface area contributed by atoms with Gasteiger partial charge in [-0.05, 0) is 26.0 Å². The van der Waals surface area contributed by atoms with E-state index in [0.717, 1.165) is 7.11 Å². The molecule has 0 spiro atoms. The molecule has 0 saturated heterocycles. The Labute approximate surface area is 126 Å². The molecule has 0 fully saturated rings. The molecular weight excluding hydrogens is 299 g/mol. The van der Waals surface area contributed by atoms with Crippen LogP contribution in [0.3, 0.4) is 0 Å². The number of anilines is 1. The molecule has 122 valence electrons. The Morgan fingerprint density at radius 2 is 2.05 bits per heavy atom. The first-order chi connectivity index (χ1) is 10.1. The van der Waals surface area contributed by atoms with Crippen LogP contribution in [0.2, 0.25) is 0 Å². The highest BCUT2D eigenvalue weighted by molar-refractivity contribution is 5.95. The van der Waals surface area contributed by atoms with Gasteiger partial charge in [0.05, 0.1) is 18.7 Å². The average molecular weight is 317 g/mol. The molecule has 1 unspecified atom stereocenters. The molecule has 1 aliphatic heterocycles. The number of rotatable bonds is 3. The molecule has 1 aromatic rings. The number of fused-ring (bicyclic) bond motifs is 1. The number of amides is 1. The zero-order chi connectivity index (χ0) is 16.5. The molecule has 2 rings (SSSR count). The maximum Gasteiger partial charge on any atom is 0.415 e. The summed E-state index contributed by atoms with van der Waals surface area (Å²) in [5.74, 6) is -0.166. The van der Waals surface area contributed by atoms with Crippen LogP contribution in [0.15, 0.2) is 24.3 Å². The standard InChI is InChI=1S/C15H18F3NO3/c1-14(2)9-19(10-6-4-5-7-11(10)22-14)13(20)8-12(21-3)15(16,17)18/h4-7,12H,8-9H2,1-3H3. The maximum absolute atomic E-state index is 12.8. The number of hydrogen-bond acceptors (Lipinski definition) is 3. The number of ether oxygens (including phenoxy) is 2. The molecular formula is C15H18F3NO3. The molecule has 1 aromatic carbocycles. The van der Waals surface area contributed by atoms with E-state index in [1.165, 1.54) is 4.90 Å². The molecule has 1 atom stereocenters. The van der Waals surface area contributed by atoms with Gasteiger partial charge in [0, 0.05) is 7.11 Å². The van der Waals surface area contributed by atoms with E-state index in [4.69, 9.17) is 4.74 Å². The van der Waals surface area contributed by atoms with Gasteiger partial charge in [-0.1, -0.05) is 12.1 Å². The molecule has 0 aromatic heterocycles. The molecule has 0 N–H and O–H groups in total. The second kappa shape index (κ2) is 5.79. The zero-order valence-electron chi connectivity index (χ0n) is 12.6. The van der Waals surface area contributed by atoms with Gasteiger partial charge in [-0.2, -0.15) is 13.2 Å². The lowest BCUT2D eigenvalue weighted by Gasteiger charge is -2.40. The van der Waals surface area contributed by atoms with Crippen LogP contribution >= 0.6 is 0 Å². The number of benzene rings is 1. The normalized spacial score (nSPS) is 18.4. The maximum atomic E-state index is 12.8. The lowest BCUT2D eigenvalue weighted by Crippen LogP contribution is -2.50. The first-order valence-electron chi connectivity index (χ1n) is 6.82. The van der Waals surface area contributed by atoms with E-state index >= 15 is 0 Å². The Bertz CT molecular complexity index is 557. The van der Waals surface area contributed by atoms with Gasteiger partial charge < -0.3 is 14.4 Å². The van der Waals surface area contributed by atoms with Gasteiger partial charge in [-0.25, -0.2) is 0 Å². The van der Waals surface area contributed by atoms with Crippen molar-refractivity contribution in [2.24, 2.45) is 0 Å². The fraction of sp³-hybridized carbons (Fsp3) is 0.533. The van der Waals surface area contributed by atoms with Crippen molar-refractivity contribution in [1.82, 2.24) is 0 Å². The van der Waals surface area contributed by atoms with Gasteiger partial charge in [-0.3, -0.25) is 4.79 Å². The van der Waals surface area contributed by atoms with Gasteiger partial charge in [0.15, 0.2) is 6.10 Å². The topological polar surface area (TPSA) is 38.8 Å². The predicted octanol–water partition coefficient (Wildman–Crippen LogP) is 3.16. The molecule has 1 amide bonds. The molecule has 0 bridgehead atoms. The smallest absolute Gasteiger partial charge is 0.415 e. The van der Waals surface area contributed by atoms with E-state index in [1.807, 2.05) is 0 Å². The summed E-state index contributed by atoms with van der Waals surface area (Å²) in [7, 11) is 0.947. The lowest BCUT2D eigenvalue weighted by atomic mass is 10.0. The summed E-state index contributed by atoms with van der Waals surface area (Å²) in [6.45, 7) is 3.73. The molecule has 0 aliphatic carbocycles. The van der Waals surface area contributed by atoms with Crippen molar-refractivity contribution >= 4 is 11.6 Å². The van der Waals surface area contributed by atoms with Crippen molar-refractivity contribution in [3.63, 3.8) is 0 Å². The number of alkyl halides is 3. The third-order valence-electron chi connectivity index (χ3n) is 3.39. The number of para-hydroxylation sites is 2. The Kier molecular flexibility index (Phi) is 4.37. The quantitative estimate of drug-likeness (QED) is 0.859. The first-order valence-corrected chi connectivity index (χ1v) is 6.82. The van der Waals surface area contributed by atoms with E-state index < -0.39 is 30.2 Å². The van der Waals surface area contributed by atoms with Crippen molar-refractivity contribution in [3.05, 3.63) is 24.3 Å². The van der Waals surface area contributed by atoms with Crippen LogP contribution in [0.5, 0.6) is 5.75 Å². The molecule has 1 heterocycles. The Balaban J connectivity index is 2.26. The number of carbonyl (C=O) groups excluding carboxylic acids is 1. The Hall–Kier alpha value is -1.76. The Morgan fingerprint density at radius 1 is 1.41 bits per heavy atom. The van der Waals surface area contributed by atoms with Crippen molar-refractivity contribution in [1.29, 1.82) is 0 Å². The monoisotopic (exact) mass is 317 g/mol. The minimum Gasteiger partial charge on any atom is -0.484 e. The molecule has 1 aliphatic rings. The van der Waals surface area contributed by atoms with Crippen LogP contribution in [0.25, 0.3) is 0 Å². The van der Waals surface area contributed by atoms with Crippen molar-refractivity contribution < 1.29 is 27.4 Å². The fourth-order valence-electron chi connectivity index (χ4n) is 2.39. The molecule has 7 heteroatoms. The van der Waals surface area contributed by atoms with Crippen molar-refractivity contribution in [2.75, 3.05) is 18.6 Å². The first kappa shape index (κ1) is 16.6. The minimum absolute atomic E-state index is 0.178. The summed E-state index contributed by atoms with van der Waals surface area (Å²) in [5.41, 5.74) is -0.200. The number of halogens is 3. The van der Waals surface area contributed by atoms with E-state index in [0.29, 0.717) is 11.4 Å². The highest BCUT2D eigenvalue weighted by Gasteiger charge is 2.43. The highest BCUT2D eigenvalue weighted by atomic mass is 19.4. The van der Waals surface area contributed by atoms with E-state index in [-0.39, 0.29) is 6.54 Å². The molecule has 22 heavy (non-hydrogen) atoms. The van der Waals surface area contributed by atoms with E-state index in [9.17, 15) is 18.0 Å². The fourth-order valence-corrected chi connectivity index (χ4v) is 2.39. The third-order valence-corrected chi connectivity index (χ3v) is 3.39. The van der Waals surface area contributed by atoms with Crippen molar-refractivity contribution in [3.8, 4) is 5.75 Å². The van der Waals surface area contributed by atoms with Crippen LogP contribution < -0.4 is 9.64 Å². The molecule has 4 nitrogen and oxygen atoms in total. The number of methoxy groups -OCH3 is 1. The van der Waals surface area contributed by atoms with Crippen LogP contribution in [0.4, 0.5) is 18.9 Å². The largest absolute Gasteiger partial charge is 0.484 e. The van der Waals surface area contributed by atoms with E-state index in [1.54, 1.807) is 38.1 Å². The summed E-state index contributed by atoms with van der Waals surface area (Å²) in [6.07, 6.45) is -7.45. The van der Waals surface area contributed by atoms with Gasteiger partial charge in [0.2, 0.25) is 5.91 Å². The van der Waals surface area contributed by atoms with Gasteiger partial charge in [0.25, 0.3) is 0 Å². The van der Waals surface area contributed by atoms with Gasteiger partial charge in [0.1, 0.15) is 11.4 Å². The SMILES string of the molecule is COC(CC(=O)N1CC(C)(C)Oc2ccccc21)C(F)(F)F. The average Bonchev–Trinajstić information content (AvgIpc) is 2.41. The second-order valence-electron chi connectivity index (χ2n) is 5.78. The van der Waals surface area contributed by atoms with Crippen molar-refractivity contribution in [2.45, 2.75) is 38.1 Å². The van der Waals surface area contributed by atoms with Gasteiger partial charge in [-0.15, -0.1) is 0 Å².